The monoisotopic (exact) mass is 279 g/mol. The fraction of sp³-hybridized carbons (Fsp3) is 0.0909. The second-order valence-electron chi connectivity index (χ2n) is 3.40. The Morgan fingerprint density at radius 3 is 2.94 bits per heavy atom. The zero-order valence-electron chi connectivity index (χ0n) is 8.62. The Labute approximate surface area is 101 Å². The molecule has 0 unspecified atom stereocenters. The number of rotatable bonds is 2. The quantitative estimate of drug-likeness (QED) is 0.888. The first-order valence-electron chi connectivity index (χ1n) is 4.72. The van der Waals surface area contributed by atoms with E-state index in [9.17, 15) is 4.79 Å². The third kappa shape index (κ3) is 2.30. The van der Waals surface area contributed by atoms with Crippen molar-refractivity contribution in [3.63, 3.8) is 0 Å². The molecule has 0 aliphatic rings. The van der Waals surface area contributed by atoms with Crippen molar-refractivity contribution in [2.45, 2.75) is 6.92 Å². The zero-order valence-corrected chi connectivity index (χ0v) is 10.2. The van der Waals surface area contributed by atoms with Gasteiger partial charge in [-0.2, -0.15) is 0 Å². The third-order valence-electron chi connectivity index (χ3n) is 2.12. The molecule has 1 amide bonds. The maximum absolute atomic E-state index is 11.7. The van der Waals surface area contributed by atoms with E-state index in [0.717, 1.165) is 15.7 Å². The van der Waals surface area contributed by atoms with Gasteiger partial charge in [0.25, 0.3) is 5.91 Å². The van der Waals surface area contributed by atoms with Gasteiger partial charge in [-0.05, 0) is 40.5 Å². The van der Waals surface area contributed by atoms with Crippen molar-refractivity contribution >= 4 is 27.5 Å². The molecule has 0 radical (unpaired) electrons. The van der Waals surface area contributed by atoms with Crippen molar-refractivity contribution in [2.24, 2.45) is 0 Å². The number of hydrogen-bond acceptors (Lipinski definition) is 2. The smallest absolute Gasteiger partial charge is 0.273 e. The minimum absolute atomic E-state index is 0.206. The molecule has 2 N–H and O–H groups in total. The van der Waals surface area contributed by atoms with E-state index < -0.39 is 0 Å². The maximum atomic E-state index is 11.7. The first-order valence-corrected chi connectivity index (χ1v) is 5.52. The highest BCUT2D eigenvalue weighted by Gasteiger charge is 2.08. The number of imidazole rings is 1. The average Bonchev–Trinajstić information content (AvgIpc) is 2.75. The lowest BCUT2D eigenvalue weighted by atomic mass is 10.2. The lowest BCUT2D eigenvalue weighted by Crippen LogP contribution is -2.12. The van der Waals surface area contributed by atoms with Crippen molar-refractivity contribution in [3.05, 3.63) is 46.5 Å². The molecule has 5 heteroatoms. The number of H-pyrrole nitrogens is 1. The highest BCUT2D eigenvalue weighted by Crippen LogP contribution is 2.23. The summed E-state index contributed by atoms with van der Waals surface area (Å²) in [5.74, 6) is -0.206. The fourth-order valence-electron chi connectivity index (χ4n) is 1.29. The van der Waals surface area contributed by atoms with Crippen LogP contribution in [0.15, 0.2) is 35.2 Å². The number of nitrogens with zero attached hydrogens (tertiary/aromatic N) is 1. The predicted molar refractivity (Wildman–Crippen MR) is 65.4 cm³/mol. The second-order valence-corrected chi connectivity index (χ2v) is 4.26. The molecule has 0 saturated heterocycles. The van der Waals surface area contributed by atoms with E-state index in [1.54, 1.807) is 0 Å². The van der Waals surface area contributed by atoms with Gasteiger partial charge >= 0.3 is 0 Å². The highest BCUT2D eigenvalue weighted by atomic mass is 79.9. The summed E-state index contributed by atoms with van der Waals surface area (Å²) in [6.45, 7) is 1.99. The molecule has 0 bridgehead atoms. The van der Waals surface area contributed by atoms with E-state index in [0.29, 0.717) is 5.69 Å². The largest absolute Gasteiger partial charge is 0.341 e. The van der Waals surface area contributed by atoms with Gasteiger partial charge < -0.3 is 10.3 Å². The van der Waals surface area contributed by atoms with E-state index in [2.05, 4.69) is 31.2 Å². The molecule has 0 spiro atoms. The van der Waals surface area contributed by atoms with Crippen LogP contribution in [0.2, 0.25) is 0 Å². The first kappa shape index (κ1) is 10.9. The van der Waals surface area contributed by atoms with E-state index >= 15 is 0 Å². The molecule has 1 aromatic heterocycles. The molecular formula is C11H10BrN3O. The molecule has 16 heavy (non-hydrogen) atoms. The SMILES string of the molecule is Cc1ccc(NC(=O)c2cnc[nH]2)c(Br)c1. The predicted octanol–water partition coefficient (Wildman–Crippen LogP) is 2.73. The average molecular weight is 280 g/mol. The van der Waals surface area contributed by atoms with Crippen molar-refractivity contribution in [3.8, 4) is 0 Å². The lowest BCUT2D eigenvalue weighted by molar-refractivity contribution is 0.102. The Hall–Kier alpha value is -1.62. The van der Waals surface area contributed by atoms with Crippen molar-refractivity contribution in [2.75, 3.05) is 5.32 Å². The van der Waals surface area contributed by atoms with Crippen LogP contribution in [0.25, 0.3) is 0 Å². The number of halogens is 1. The highest BCUT2D eigenvalue weighted by molar-refractivity contribution is 9.10. The molecule has 0 saturated carbocycles. The molecule has 2 rings (SSSR count). The number of nitrogens with one attached hydrogen (secondary N) is 2. The maximum Gasteiger partial charge on any atom is 0.273 e. The number of aryl methyl sites for hydroxylation is 1. The van der Waals surface area contributed by atoms with E-state index in [1.807, 2.05) is 25.1 Å². The van der Waals surface area contributed by atoms with Gasteiger partial charge in [-0.3, -0.25) is 4.79 Å². The molecule has 1 heterocycles. The number of aromatic nitrogens is 2. The van der Waals surface area contributed by atoms with Crippen LogP contribution in [-0.2, 0) is 0 Å². The zero-order chi connectivity index (χ0) is 11.5. The minimum atomic E-state index is -0.206. The summed E-state index contributed by atoms with van der Waals surface area (Å²) in [7, 11) is 0. The Morgan fingerprint density at radius 1 is 1.50 bits per heavy atom. The van der Waals surface area contributed by atoms with Crippen LogP contribution < -0.4 is 5.32 Å². The van der Waals surface area contributed by atoms with Crippen molar-refractivity contribution in [1.82, 2.24) is 9.97 Å². The summed E-state index contributed by atoms with van der Waals surface area (Å²) in [6.07, 6.45) is 2.95. The Bertz CT molecular complexity index is 508. The number of hydrogen-bond donors (Lipinski definition) is 2. The minimum Gasteiger partial charge on any atom is -0.341 e. The molecule has 0 fully saturated rings. The Balaban J connectivity index is 2.18. The number of aromatic amines is 1. The van der Waals surface area contributed by atoms with Gasteiger partial charge in [0.05, 0.1) is 18.2 Å². The van der Waals surface area contributed by atoms with Crippen LogP contribution in [0.1, 0.15) is 16.1 Å². The standard InChI is InChI=1S/C11H10BrN3O/c1-7-2-3-9(8(12)4-7)15-11(16)10-5-13-6-14-10/h2-6H,1H3,(H,13,14)(H,15,16). The third-order valence-corrected chi connectivity index (χ3v) is 2.77. The van der Waals surface area contributed by atoms with Gasteiger partial charge in [0.1, 0.15) is 5.69 Å². The van der Waals surface area contributed by atoms with Gasteiger partial charge in [0.15, 0.2) is 0 Å². The number of carbonyl (C=O) groups excluding carboxylic acids is 1. The molecule has 0 atom stereocenters. The first-order chi connectivity index (χ1) is 7.66. The van der Waals surface area contributed by atoms with Gasteiger partial charge in [0.2, 0.25) is 0 Å². The summed E-state index contributed by atoms with van der Waals surface area (Å²) >= 11 is 3.40. The van der Waals surface area contributed by atoms with Crippen LogP contribution in [0.5, 0.6) is 0 Å². The van der Waals surface area contributed by atoms with Gasteiger partial charge in [-0.25, -0.2) is 4.98 Å². The van der Waals surface area contributed by atoms with Crippen LogP contribution in [0.3, 0.4) is 0 Å². The normalized spacial score (nSPS) is 10.1. The summed E-state index contributed by atoms with van der Waals surface area (Å²) in [5.41, 5.74) is 2.31. The van der Waals surface area contributed by atoms with E-state index in [-0.39, 0.29) is 5.91 Å². The van der Waals surface area contributed by atoms with Gasteiger partial charge in [0, 0.05) is 4.47 Å². The molecule has 0 aliphatic carbocycles. The number of anilines is 1. The topological polar surface area (TPSA) is 57.8 Å². The van der Waals surface area contributed by atoms with Crippen LogP contribution in [0, 0.1) is 6.92 Å². The number of carbonyl (C=O) groups is 1. The molecular weight excluding hydrogens is 270 g/mol. The Morgan fingerprint density at radius 2 is 2.31 bits per heavy atom. The number of amides is 1. The molecule has 2 aromatic rings. The van der Waals surface area contributed by atoms with Gasteiger partial charge in [-0.1, -0.05) is 6.07 Å². The molecule has 4 nitrogen and oxygen atoms in total. The Kier molecular flexibility index (Phi) is 3.05. The van der Waals surface area contributed by atoms with Crippen LogP contribution >= 0.6 is 15.9 Å². The van der Waals surface area contributed by atoms with E-state index in [4.69, 9.17) is 0 Å². The van der Waals surface area contributed by atoms with Crippen LogP contribution in [-0.4, -0.2) is 15.9 Å². The van der Waals surface area contributed by atoms with E-state index in [1.165, 1.54) is 12.5 Å². The molecule has 0 aliphatic heterocycles. The second kappa shape index (κ2) is 4.49. The van der Waals surface area contributed by atoms with Crippen molar-refractivity contribution < 1.29 is 4.79 Å². The summed E-state index contributed by atoms with van der Waals surface area (Å²) in [4.78, 5) is 18.3. The molecule has 1 aromatic carbocycles. The van der Waals surface area contributed by atoms with Crippen LogP contribution in [0.4, 0.5) is 5.69 Å². The number of benzene rings is 1. The van der Waals surface area contributed by atoms with Gasteiger partial charge in [-0.15, -0.1) is 0 Å². The lowest BCUT2D eigenvalue weighted by Gasteiger charge is -2.06. The summed E-state index contributed by atoms with van der Waals surface area (Å²) in [6, 6.07) is 5.74. The summed E-state index contributed by atoms with van der Waals surface area (Å²) in [5, 5.41) is 2.78. The molecule has 82 valence electrons. The summed E-state index contributed by atoms with van der Waals surface area (Å²) < 4.78 is 0.861. The van der Waals surface area contributed by atoms with Crippen molar-refractivity contribution in [1.29, 1.82) is 0 Å². The fourth-order valence-corrected chi connectivity index (χ4v) is 1.88.